The molecule has 0 heterocycles. The Balaban J connectivity index is 2.91. The Morgan fingerprint density at radius 2 is 1.92 bits per heavy atom. The maximum absolute atomic E-state index is 10.9. The van der Waals surface area contributed by atoms with Crippen LogP contribution in [0, 0.1) is 0 Å². The number of rotatable bonds is 2. The van der Waals surface area contributed by atoms with Crippen LogP contribution in [0.3, 0.4) is 0 Å². The summed E-state index contributed by atoms with van der Waals surface area (Å²) in [5.74, 6) is -0.372. The van der Waals surface area contributed by atoms with Crippen molar-refractivity contribution in [3.63, 3.8) is 0 Å². The third-order valence-corrected chi connectivity index (χ3v) is 2.46. The van der Waals surface area contributed by atoms with Gasteiger partial charge in [0, 0.05) is 0 Å². The first kappa shape index (κ1) is 9.14. The molecule has 0 N–H and O–H groups in total. The van der Waals surface area contributed by atoms with Crippen molar-refractivity contribution in [2.45, 2.75) is 0 Å². The summed E-state index contributed by atoms with van der Waals surface area (Å²) < 4.78 is 15.7. The Hall–Kier alpha value is -0.952. The predicted octanol–water partition coefficient (Wildman–Crippen LogP) is 0.148. The van der Waals surface area contributed by atoms with Gasteiger partial charge in [-0.15, -0.1) is 0 Å². The summed E-state index contributed by atoms with van der Waals surface area (Å²) in [4.78, 5) is 10.9. The van der Waals surface area contributed by atoms with Crippen LogP contribution < -0.4 is 4.35 Å². The first-order valence-electron chi connectivity index (χ1n) is 3.29. The molecule has 0 aliphatic heterocycles. The third-order valence-electron chi connectivity index (χ3n) is 1.39. The molecule has 0 saturated heterocycles. The number of esters is 1. The number of benzene rings is 1. The van der Waals surface area contributed by atoms with Crippen LogP contribution >= 0.6 is 0 Å². The number of carbonyl (C=O) groups is 1. The summed E-state index contributed by atoms with van der Waals surface area (Å²) in [6, 6.07) is 6.54. The zero-order valence-electron chi connectivity index (χ0n) is 6.48. The topological polar surface area (TPSA) is 43.4 Å². The molecule has 3 nitrogen and oxygen atoms in total. The van der Waals surface area contributed by atoms with Gasteiger partial charge in [0.15, 0.2) is 0 Å². The molecule has 0 spiro atoms. The number of hydrogen-bond acceptors (Lipinski definition) is 3. The second kappa shape index (κ2) is 4.17. The molecule has 0 saturated carbocycles. The van der Waals surface area contributed by atoms with Crippen molar-refractivity contribution >= 4 is 26.0 Å². The van der Waals surface area contributed by atoms with E-state index in [0.717, 1.165) is 4.35 Å². The van der Waals surface area contributed by atoms with Crippen molar-refractivity contribution in [1.29, 1.82) is 0 Å². The van der Waals surface area contributed by atoms with Crippen LogP contribution in [0.25, 0.3) is 0 Å². The van der Waals surface area contributed by atoms with E-state index in [-0.39, 0.29) is 5.97 Å². The summed E-state index contributed by atoms with van der Waals surface area (Å²) in [5.41, 5.74) is 0.482. The van der Waals surface area contributed by atoms with Crippen molar-refractivity contribution in [3.05, 3.63) is 29.8 Å². The molecule has 1 aromatic rings. The Bertz CT molecular complexity index is 292. The van der Waals surface area contributed by atoms with E-state index in [1.165, 1.54) is 7.11 Å². The standard InChI is InChI=1S/C8H7AsO3/c1-12-8(10)6-2-4-7(9-11)5-3-6/h2-5H,1H3. The van der Waals surface area contributed by atoms with Gasteiger partial charge in [-0.1, -0.05) is 0 Å². The minimum atomic E-state index is -1.00. The maximum atomic E-state index is 10.9. The van der Waals surface area contributed by atoms with Gasteiger partial charge >= 0.3 is 76.2 Å². The van der Waals surface area contributed by atoms with Crippen molar-refractivity contribution < 1.29 is 13.3 Å². The molecule has 0 aliphatic carbocycles. The predicted molar refractivity (Wildman–Crippen MR) is 43.9 cm³/mol. The van der Waals surface area contributed by atoms with E-state index in [0.29, 0.717) is 5.56 Å². The Morgan fingerprint density at radius 1 is 1.33 bits per heavy atom. The summed E-state index contributed by atoms with van der Waals surface area (Å²) >= 11 is -1.00. The molecule has 0 unspecified atom stereocenters. The van der Waals surface area contributed by atoms with Crippen molar-refractivity contribution in [1.82, 2.24) is 0 Å². The van der Waals surface area contributed by atoms with E-state index in [2.05, 4.69) is 4.74 Å². The molecule has 0 radical (unpaired) electrons. The van der Waals surface area contributed by atoms with E-state index in [1.807, 2.05) is 0 Å². The van der Waals surface area contributed by atoms with Crippen LogP contribution in [0.5, 0.6) is 0 Å². The van der Waals surface area contributed by atoms with Gasteiger partial charge in [0.1, 0.15) is 0 Å². The molecule has 62 valence electrons. The van der Waals surface area contributed by atoms with Crippen molar-refractivity contribution in [3.8, 4) is 0 Å². The molecule has 12 heavy (non-hydrogen) atoms. The van der Waals surface area contributed by atoms with Crippen LogP contribution in [0.15, 0.2) is 24.3 Å². The van der Waals surface area contributed by atoms with Crippen molar-refractivity contribution in [2.24, 2.45) is 0 Å². The van der Waals surface area contributed by atoms with Gasteiger partial charge in [-0.2, -0.15) is 0 Å². The second-order valence-electron chi connectivity index (χ2n) is 2.13. The van der Waals surface area contributed by atoms with Crippen LogP contribution in [0.4, 0.5) is 0 Å². The second-order valence-corrected chi connectivity index (χ2v) is 3.60. The molecule has 0 fully saturated rings. The fourth-order valence-corrected chi connectivity index (χ4v) is 1.34. The van der Waals surface area contributed by atoms with Crippen molar-refractivity contribution in [2.75, 3.05) is 7.11 Å². The molecular weight excluding hydrogens is 219 g/mol. The molecule has 1 rings (SSSR count). The van der Waals surface area contributed by atoms with Crippen LogP contribution in [-0.4, -0.2) is 28.8 Å². The monoisotopic (exact) mass is 226 g/mol. The fraction of sp³-hybridized carbons (Fsp3) is 0.125. The van der Waals surface area contributed by atoms with E-state index in [9.17, 15) is 8.53 Å². The molecule has 0 aliphatic rings. The van der Waals surface area contributed by atoms with Gasteiger partial charge in [0.25, 0.3) is 0 Å². The first-order valence-corrected chi connectivity index (χ1v) is 5.00. The number of methoxy groups -OCH3 is 1. The van der Waals surface area contributed by atoms with Gasteiger partial charge in [0.2, 0.25) is 0 Å². The molecule has 0 aromatic heterocycles. The number of hydrogen-bond donors (Lipinski definition) is 0. The normalized spacial score (nSPS) is 9.75. The molecule has 0 amide bonds. The van der Waals surface area contributed by atoms with Gasteiger partial charge in [0.05, 0.1) is 0 Å². The zero-order valence-corrected chi connectivity index (χ0v) is 8.36. The van der Waals surface area contributed by atoms with Crippen LogP contribution in [0.2, 0.25) is 0 Å². The number of carbonyl (C=O) groups excluding carboxylic acids is 1. The summed E-state index contributed by atoms with van der Waals surface area (Å²) in [6.45, 7) is 0. The Morgan fingerprint density at radius 3 is 2.33 bits per heavy atom. The average Bonchev–Trinajstić information content (AvgIpc) is 2.17. The summed E-state index contributed by atoms with van der Waals surface area (Å²) in [7, 11) is 1.33. The quantitative estimate of drug-likeness (QED) is 0.532. The van der Waals surface area contributed by atoms with Gasteiger partial charge in [-0.05, 0) is 0 Å². The first-order chi connectivity index (χ1) is 5.77. The molecular formula is C8H7AsO3. The third kappa shape index (κ3) is 2.02. The Labute approximate surface area is 76.6 Å². The van der Waals surface area contributed by atoms with E-state index in [4.69, 9.17) is 0 Å². The zero-order chi connectivity index (χ0) is 8.97. The van der Waals surface area contributed by atoms with E-state index < -0.39 is 15.7 Å². The van der Waals surface area contributed by atoms with Gasteiger partial charge < -0.3 is 0 Å². The molecule has 4 heteroatoms. The minimum absolute atomic E-state index is 0.372. The number of ether oxygens (including phenoxy) is 1. The van der Waals surface area contributed by atoms with Crippen LogP contribution in [0.1, 0.15) is 10.4 Å². The SMILES string of the molecule is COC(=O)c1ccc([As]=O)cc1. The van der Waals surface area contributed by atoms with Crippen LogP contribution in [-0.2, 0) is 8.48 Å². The molecule has 0 bridgehead atoms. The summed E-state index contributed by atoms with van der Waals surface area (Å²) in [5, 5.41) is 0. The Kier molecular flexibility index (Phi) is 3.17. The summed E-state index contributed by atoms with van der Waals surface area (Å²) in [6.07, 6.45) is 0. The fourth-order valence-electron chi connectivity index (χ4n) is 0.776. The van der Waals surface area contributed by atoms with E-state index >= 15 is 0 Å². The molecule has 1 aromatic carbocycles. The average molecular weight is 226 g/mol. The van der Waals surface area contributed by atoms with E-state index in [1.54, 1.807) is 24.3 Å². The van der Waals surface area contributed by atoms with Gasteiger partial charge in [-0.3, -0.25) is 0 Å². The molecule has 0 atom stereocenters. The van der Waals surface area contributed by atoms with Gasteiger partial charge in [-0.25, -0.2) is 0 Å².